The van der Waals surface area contributed by atoms with E-state index in [1.807, 2.05) is 37.3 Å². The first-order valence-corrected chi connectivity index (χ1v) is 9.10. The fourth-order valence-electron chi connectivity index (χ4n) is 3.32. The lowest BCUT2D eigenvalue weighted by atomic mass is 9.96. The second-order valence-corrected chi connectivity index (χ2v) is 6.96. The molecule has 2 N–H and O–H groups in total. The molecule has 0 spiro atoms. The van der Waals surface area contributed by atoms with Gasteiger partial charge in [-0.25, -0.2) is 0 Å². The van der Waals surface area contributed by atoms with E-state index >= 15 is 0 Å². The number of benzene rings is 1. The maximum Gasteiger partial charge on any atom is 0.233 e. The van der Waals surface area contributed by atoms with E-state index < -0.39 is 6.10 Å². The number of rotatable bonds is 7. The summed E-state index contributed by atoms with van der Waals surface area (Å²) >= 11 is 0. The van der Waals surface area contributed by atoms with Crippen LogP contribution in [0, 0.1) is 12.8 Å². The van der Waals surface area contributed by atoms with Crippen molar-refractivity contribution in [3.05, 3.63) is 47.7 Å². The first-order chi connectivity index (χ1) is 12.1. The van der Waals surface area contributed by atoms with Crippen LogP contribution >= 0.6 is 0 Å². The molecule has 1 aliphatic rings. The lowest BCUT2D eigenvalue weighted by Crippen LogP contribution is -2.39. The van der Waals surface area contributed by atoms with Gasteiger partial charge in [0.25, 0.3) is 0 Å². The van der Waals surface area contributed by atoms with E-state index in [1.54, 1.807) is 0 Å². The number of nitrogens with one attached hydrogen (secondary N) is 1. The van der Waals surface area contributed by atoms with Crippen molar-refractivity contribution in [3.8, 4) is 0 Å². The van der Waals surface area contributed by atoms with Gasteiger partial charge in [-0.3, -0.25) is 0 Å². The summed E-state index contributed by atoms with van der Waals surface area (Å²) in [7, 11) is 0. The second kappa shape index (κ2) is 8.56. The average Bonchev–Trinajstić information content (AvgIpc) is 3.08. The number of hydrogen-bond acceptors (Lipinski definition) is 6. The van der Waals surface area contributed by atoms with E-state index in [2.05, 4.69) is 27.3 Å². The Morgan fingerprint density at radius 3 is 2.60 bits per heavy atom. The monoisotopic (exact) mass is 344 g/mol. The fraction of sp³-hybridized carbons (Fsp3) is 0.579. The number of β-amino-alcohol motifs (C(OH)–C–C–N with tert-alkyl or cyclic N) is 1. The van der Waals surface area contributed by atoms with Crippen LogP contribution in [-0.2, 0) is 0 Å². The Hall–Kier alpha value is -1.76. The molecule has 136 valence electrons. The van der Waals surface area contributed by atoms with Crippen molar-refractivity contribution in [1.29, 1.82) is 0 Å². The third-order valence-electron chi connectivity index (χ3n) is 4.95. The van der Waals surface area contributed by atoms with Gasteiger partial charge in [0.2, 0.25) is 11.8 Å². The molecular weight excluding hydrogens is 316 g/mol. The van der Waals surface area contributed by atoms with Crippen molar-refractivity contribution >= 4 is 0 Å². The van der Waals surface area contributed by atoms with Crippen molar-refractivity contribution in [2.75, 3.05) is 26.2 Å². The van der Waals surface area contributed by atoms with Gasteiger partial charge < -0.3 is 19.7 Å². The number of aryl methyl sites for hydroxylation is 1. The molecule has 1 aromatic heterocycles. The van der Waals surface area contributed by atoms with E-state index in [0.717, 1.165) is 38.0 Å². The summed E-state index contributed by atoms with van der Waals surface area (Å²) in [6.07, 6.45) is 1.88. The zero-order valence-electron chi connectivity index (χ0n) is 15.1. The predicted molar refractivity (Wildman–Crippen MR) is 96.0 cm³/mol. The second-order valence-electron chi connectivity index (χ2n) is 6.96. The van der Waals surface area contributed by atoms with Crippen LogP contribution in [0.4, 0.5) is 0 Å². The molecule has 2 atom stereocenters. The summed E-state index contributed by atoms with van der Waals surface area (Å²) in [6.45, 7) is 7.59. The van der Waals surface area contributed by atoms with Gasteiger partial charge in [0.05, 0.1) is 12.1 Å². The van der Waals surface area contributed by atoms with Crippen LogP contribution in [0.1, 0.15) is 49.3 Å². The molecule has 0 amide bonds. The number of hydrogen-bond donors (Lipinski definition) is 2. The van der Waals surface area contributed by atoms with Crippen molar-refractivity contribution in [2.24, 2.45) is 5.92 Å². The topological polar surface area (TPSA) is 74.4 Å². The number of aromatic nitrogens is 2. The minimum absolute atomic E-state index is 0.0825. The van der Waals surface area contributed by atoms with E-state index in [9.17, 15) is 5.11 Å². The van der Waals surface area contributed by atoms with Crippen LogP contribution < -0.4 is 5.32 Å². The third kappa shape index (κ3) is 5.11. The van der Waals surface area contributed by atoms with Gasteiger partial charge in [-0.1, -0.05) is 30.3 Å². The molecule has 3 rings (SSSR count). The van der Waals surface area contributed by atoms with Crippen molar-refractivity contribution < 1.29 is 9.52 Å². The van der Waals surface area contributed by atoms with Crippen LogP contribution in [0.5, 0.6) is 0 Å². The number of nitrogens with zero attached hydrogens (tertiary/aromatic N) is 3. The number of aliphatic hydroxyl groups excluding tert-OH is 1. The molecule has 1 saturated heterocycles. The Kier molecular flexibility index (Phi) is 6.18. The summed E-state index contributed by atoms with van der Waals surface area (Å²) in [4.78, 5) is 2.36. The maximum atomic E-state index is 10.4. The van der Waals surface area contributed by atoms with Crippen molar-refractivity contribution in [3.63, 3.8) is 0 Å². The Morgan fingerprint density at radius 2 is 1.96 bits per heavy atom. The molecule has 6 nitrogen and oxygen atoms in total. The smallest absolute Gasteiger partial charge is 0.233 e. The predicted octanol–water partition coefficient (Wildman–Crippen LogP) is 2.47. The minimum atomic E-state index is -0.406. The number of likely N-dealkylation sites (tertiary alicyclic amines) is 1. The molecule has 1 aliphatic heterocycles. The van der Waals surface area contributed by atoms with Crippen LogP contribution in [0.2, 0.25) is 0 Å². The van der Waals surface area contributed by atoms with E-state index in [0.29, 0.717) is 24.2 Å². The Labute approximate surface area is 149 Å². The first-order valence-electron chi connectivity index (χ1n) is 9.10. The molecule has 1 fully saturated rings. The highest BCUT2D eigenvalue weighted by atomic mass is 16.4. The maximum absolute atomic E-state index is 10.4. The van der Waals surface area contributed by atoms with Crippen LogP contribution in [0.3, 0.4) is 0 Å². The summed E-state index contributed by atoms with van der Waals surface area (Å²) in [5.41, 5.74) is 0.995. The fourth-order valence-corrected chi connectivity index (χ4v) is 3.32. The van der Waals surface area contributed by atoms with Gasteiger partial charge in [-0.15, -0.1) is 10.2 Å². The van der Waals surface area contributed by atoms with E-state index in [4.69, 9.17) is 4.42 Å². The van der Waals surface area contributed by atoms with Crippen LogP contribution in [-0.4, -0.2) is 46.4 Å². The van der Waals surface area contributed by atoms with Gasteiger partial charge in [0.1, 0.15) is 0 Å². The van der Waals surface area contributed by atoms with Gasteiger partial charge in [0, 0.05) is 13.5 Å². The molecule has 0 radical (unpaired) electrons. The molecule has 25 heavy (non-hydrogen) atoms. The SMILES string of the molecule is Cc1nnc([C@H](C)NCC2CCN(C[C@H](O)c3ccccc3)CC2)o1. The standard InChI is InChI=1S/C19H28N4O2/c1-14(19-22-21-15(2)25-19)20-12-16-8-10-23(11-9-16)13-18(24)17-6-4-3-5-7-17/h3-7,14,16,18,20,24H,8-13H2,1-2H3/t14-,18-/m0/s1. The van der Waals surface area contributed by atoms with Gasteiger partial charge in [-0.2, -0.15) is 0 Å². The minimum Gasteiger partial charge on any atom is -0.424 e. The molecule has 0 saturated carbocycles. The molecule has 0 aliphatic carbocycles. The Balaban J connectivity index is 1.38. The van der Waals surface area contributed by atoms with Crippen LogP contribution in [0.25, 0.3) is 0 Å². The first kappa shape index (κ1) is 18.0. The largest absolute Gasteiger partial charge is 0.424 e. The Morgan fingerprint density at radius 1 is 1.24 bits per heavy atom. The highest BCUT2D eigenvalue weighted by molar-refractivity contribution is 5.17. The molecule has 1 aromatic carbocycles. The number of piperidine rings is 1. The summed E-state index contributed by atoms with van der Waals surface area (Å²) in [6, 6.07) is 9.99. The molecule has 2 heterocycles. The lowest BCUT2D eigenvalue weighted by molar-refractivity contribution is 0.0886. The summed E-state index contributed by atoms with van der Waals surface area (Å²) in [5, 5.41) is 21.8. The third-order valence-corrected chi connectivity index (χ3v) is 4.95. The normalized spacial score (nSPS) is 19.0. The zero-order chi connectivity index (χ0) is 17.6. The summed E-state index contributed by atoms with van der Waals surface area (Å²) in [5.74, 6) is 1.91. The van der Waals surface area contributed by atoms with Crippen LogP contribution in [0.15, 0.2) is 34.7 Å². The van der Waals surface area contributed by atoms with Crippen molar-refractivity contribution in [2.45, 2.75) is 38.8 Å². The summed E-state index contributed by atoms with van der Waals surface area (Å²) < 4.78 is 5.47. The van der Waals surface area contributed by atoms with E-state index in [1.165, 1.54) is 0 Å². The highest BCUT2D eigenvalue weighted by Gasteiger charge is 2.22. The molecular formula is C19H28N4O2. The van der Waals surface area contributed by atoms with Gasteiger partial charge in [-0.05, 0) is 50.9 Å². The average molecular weight is 344 g/mol. The molecule has 2 aromatic rings. The molecule has 0 bridgehead atoms. The van der Waals surface area contributed by atoms with Gasteiger partial charge in [0.15, 0.2) is 0 Å². The molecule has 0 unspecified atom stereocenters. The Bertz CT molecular complexity index is 638. The molecule has 6 heteroatoms. The lowest BCUT2D eigenvalue weighted by Gasteiger charge is -2.33. The highest BCUT2D eigenvalue weighted by Crippen LogP contribution is 2.21. The van der Waals surface area contributed by atoms with E-state index in [-0.39, 0.29) is 6.04 Å². The zero-order valence-corrected chi connectivity index (χ0v) is 15.1. The van der Waals surface area contributed by atoms with Gasteiger partial charge >= 0.3 is 0 Å². The number of aliphatic hydroxyl groups is 1. The van der Waals surface area contributed by atoms with Crippen molar-refractivity contribution in [1.82, 2.24) is 20.4 Å². The quantitative estimate of drug-likeness (QED) is 0.804.